The fourth-order valence-electron chi connectivity index (χ4n) is 0.885. The number of benzene rings is 1. The molecule has 0 radical (unpaired) electrons. The van der Waals surface area contributed by atoms with Crippen molar-refractivity contribution in [2.75, 3.05) is 0 Å². The number of aliphatic hydroxyl groups excluding tert-OH is 1. The molecule has 0 fully saturated rings. The summed E-state index contributed by atoms with van der Waals surface area (Å²) in [5.74, 6) is -0.604. The molecule has 72 valence electrons. The molecule has 1 aromatic carbocycles. The Morgan fingerprint density at radius 1 is 1.31 bits per heavy atom. The molecule has 1 unspecified atom stereocenters. The quantitative estimate of drug-likeness (QED) is 0.790. The Morgan fingerprint density at radius 2 is 1.92 bits per heavy atom. The first kappa shape index (κ1) is 11.1. The van der Waals surface area contributed by atoms with Crippen LogP contribution in [0.25, 0.3) is 0 Å². The van der Waals surface area contributed by atoms with Crippen LogP contribution in [0.1, 0.15) is 11.7 Å². The Morgan fingerprint density at radius 3 is 2.46 bits per heavy atom. The Labute approximate surface area is 90.0 Å². The van der Waals surface area contributed by atoms with E-state index in [-0.39, 0.29) is 10.6 Å². The van der Waals surface area contributed by atoms with Crippen LogP contribution in [-0.4, -0.2) is 9.94 Å². The molecule has 1 aromatic rings. The van der Waals surface area contributed by atoms with Gasteiger partial charge in [0.1, 0.15) is 16.8 Å². The summed E-state index contributed by atoms with van der Waals surface area (Å²) in [6, 6.07) is 4.08. The van der Waals surface area contributed by atoms with Crippen LogP contribution in [0, 0.1) is 5.82 Å². The minimum atomic E-state index is -1.17. The highest BCUT2D eigenvalue weighted by molar-refractivity contribution is 6.44. The van der Waals surface area contributed by atoms with Gasteiger partial charge < -0.3 is 5.11 Å². The van der Waals surface area contributed by atoms with Crippen LogP contribution in [0.5, 0.6) is 0 Å². The molecule has 0 aliphatic heterocycles. The molecule has 0 aliphatic carbocycles. The van der Waals surface area contributed by atoms with E-state index in [9.17, 15) is 9.50 Å². The summed E-state index contributed by atoms with van der Waals surface area (Å²) in [7, 11) is 0. The predicted octanol–water partition coefficient (Wildman–Crippen LogP) is 3.32. The number of hydrogen-bond acceptors (Lipinski definition) is 1. The monoisotopic (exact) mass is 242 g/mol. The van der Waals surface area contributed by atoms with E-state index in [1.54, 1.807) is 0 Å². The summed E-state index contributed by atoms with van der Waals surface area (Å²) >= 11 is 16.4. The van der Waals surface area contributed by atoms with Crippen molar-refractivity contribution in [2.24, 2.45) is 0 Å². The van der Waals surface area contributed by atoms with E-state index in [1.807, 2.05) is 0 Å². The summed E-state index contributed by atoms with van der Waals surface area (Å²) in [5.41, 5.74) is 0.191. The molecule has 0 aromatic heterocycles. The summed E-state index contributed by atoms with van der Waals surface area (Å²) in [4.78, 5) is -1.03. The maximum absolute atomic E-state index is 12.9. The highest BCUT2D eigenvalue weighted by Crippen LogP contribution is 2.30. The number of halogens is 4. The standard InChI is InChI=1S/C8H6Cl3FO/c9-6-4(7(13)8(10)11)2-1-3-5(6)12/h1-3,7-8,13H. The fraction of sp³-hybridized carbons (Fsp3) is 0.250. The highest BCUT2D eigenvalue weighted by atomic mass is 35.5. The maximum atomic E-state index is 12.9. The molecule has 0 aliphatic rings. The van der Waals surface area contributed by atoms with Crippen LogP contribution in [0.3, 0.4) is 0 Å². The zero-order valence-electron chi connectivity index (χ0n) is 6.35. The van der Waals surface area contributed by atoms with Gasteiger partial charge in [-0.3, -0.25) is 0 Å². The van der Waals surface area contributed by atoms with E-state index in [4.69, 9.17) is 34.8 Å². The summed E-state index contributed by atoms with van der Waals surface area (Å²) in [6.07, 6.45) is -1.17. The van der Waals surface area contributed by atoms with Crippen molar-refractivity contribution in [3.63, 3.8) is 0 Å². The topological polar surface area (TPSA) is 20.2 Å². The molecule has 0 saturated carbocycles. The lowest BCUT2D eigenvalue weighted by atomic mass is 10.1. The summed E-state index contributed by atoms with van der Waals surface area (Å²) < 4.78 is 12.9. The molecule has 0 heterocycles. The number of aliphatic hydroxyl groups is 1. The Hall–Kier alpha value is -0.0200. The fourth-order valence-corrected chi connectivity index (χ4v) is 1.39. The van der Waals surface area contributed by atoms with Gasteiger partial charge in [-0.2, -0.15) is 0 Å². The molecule has 1 atom stereocenters. The van der Waals surface area contributed by atoms with Gasteiger partial charge in [0.05, 0.1) is 5.02 Å². The molecular weight excluding hydrogens is 237 g/mol. The zero-order valence-corrected chi connectivity index (χ0v) is 8.61. The second-order valence-corrected chi connectivity index (χ2v) is 3.96. The van der Waals surface area contributed by atoms with Crippen molar-refractivity contribution in [1.82, 2.24) is 0 Å². The summed E-state index contributed by atoms with van der Waals surface area (Å²) in [5, 5.41) is 9.24. The first-order valence-corrected chi connectivity index (χ1v) is 4.69. The highest BCUT2D eigenvalue weighted by Gasteiger charge is 2.19. The van der Waals surface area contributed by atoms with Crippen LogP contribution >= 0.6 is 34.8 Å². The molecule has 0 amide bonds. The van der Waals surface area contributed by atoms with Crippen molar-refractivity contribution < 1.29 is 9.50 Å². The van der Waals surface area contributed by atoms with Gasteiger partial charge in [-0.05, 0) is 6.07 Å². The number of rotatable bonds is 2. The van der Waals surface area contributed by atoms with E-state index in [2.05, 4.69) is 0 Å². The van der Waals surface area contributed by atoms with Gasteiger partial charge in [0.2, 0.25) is 0 Å². The Balaban J connectivity index is 3.07. The zero-order chi connectivity index (χ0) is 10.0. The third-order valence-electron chi connectivity index (χ3n) is 1.54. The lowest BCUT2D eigenvalue weighted by Crippen LogP contribution is -2.07. The van der Waals surface area contributed by atoms with Crippen molar-refractivity contribution in [2.45, 2.75) is 10.9 Å². The Bertz CT molecular complexity index is 303. The van der Waals surface area contributed by atoms with Gasteiger partial charge >= 0.3 is 0 Å². The third kappa shape index (κ3) is 2.47. The Kier molecular flexibility index (Phi) is 3.80. The van der Waals surface area contributed by atoms with Gasteiger partial charge in [0.25, 0.3) is 0 Å². The smallest absolute Gasteiger partial charge is 0.142 e. The molecule has 13 heavy (non-hydrogen) atoms. The van der Waals surface area contributed by atoms with Crippen LogP contribution < -0.4 is 0 Å². The number of hydrogen-bond donors (Lipinski definition) is 1. The van der Waals surface area contributed by atoms with Crippen molar-refractivity contribution >= 4 is 34.8 Å². The second-order valence-electron chi connectivity index (χ2n) is 2.42. The van der Waals surface area contributed by atoms with E-state index in [0.717, 1.165) is 0 Å². The van der Waals surface area contributed by atoms with E-state index < -0.39 is 16.8 Å². The molecule has 0 spiro atoms. The molecule has 0 bridgehead atoms. The largest absolute Gasteiger partial charge is 0.386 e. The van der Waals surface area contributed by atoms with E-state index in [1.165, 1.54) is 18.2 Å². The summed E-state index contributed by atoms with van der Waals surface area (Å²) in [6.45, 7) is 0. The molecule has 5 heteroatoms. The molecule has 1 rings (SSSR count). The average Bonchev–Trinajstić information content (AvgIpc) is 2.08. The van der Waals surface area contributed by atoms with E-state index in [0.29, 0.717) is 0 Å². The van der Waals surface area contributed by atoms with Crippen LogP contribution in [-0.2, 0) is 0 Å². The molecule has 1 N–H and O–H groups in total. The number of alkyl halides is 2. The average molecular weight is 243 g/mol. The van der Waals surface area contributed by atoms with Crippen LogP contribution in [0.15, 0.2) is 18.2 Å². The van der Waals surface area contributed by atoms with Gasteiger partial charge in [0, 0.05) is 5.56 Å². The van der Waals surface area contributed by atoms with Gasteiger partial charge in [-0.15, -0.1) is 23.2 Å². The molecular formula is C8H6Cl3FO. The first-order valence-electron chi connectivity index (χ1n) is 3.44. The van der Waals surface area contributed by atoms with Gasteiger partial charge in [0.15, 0.2) is 0 Å². The van der Waals surface area contributed by atoms with Crippen LogP contribution in [0.2, 0.25) is 5.02 Å². The normalized spacial score (nSPS) is 13.4. The lowest BCUT2D eigenvalue weighted by Gasteiger charge is -2.13. The molecule has 1 nitrogen and oxygen atoms in total. The van der Waals surface area contributed by atoms with Gasteiger partial charge in [-0.25, -0.2) is 4.39 Å². The van der Waals surface area contributed by atoms with E-state index >= 15 is 0 Å². The lowest BCUT2D eigenvalue weighted by molar-refractivity contribution is 0.192. The van der Waals surface area contributed by atoms with Crippen molar-refractivity contribution in [3.8, 4) is 0 Å². The van der Waals surface area contributed by atoms with Crippen molar-refractivity contribution in [1.29, 1.82) is 0 Å². The second kappa shape index (κ2) is 4.47. The third-order valence-corrected chi connectivity index (χ3v) is 2.41. The van der Waals surface area contributed by atoms with Crippen LogP contribution in [0.4, 0.5) is 4.39 Å². The molecule has 0 saturated heterocycles. The van der Waals surface area contributed by atoms with Crippen molar-refractivity contribution in [3.05, 3.63) is 34.6 Å². The minimum Gasteiger partial charge on any atom is -0.386 e. The predicted molar refractivity (Wildman–Crippen MR) is 51.9 cm³/mol. The SMILES string of the molecule is OC(c1cccc(F)c1Cl)C(Cl)Cl. The first-order chi connectivity index (χ1) is 6.04. The van der Waals surface area contributed by atoms with Gasteiger partial charge in [-0.1, -0.05) is 23.7 Å². The minimum absolute atomic E-state index is 0.152. The maximum Gasteiger partial charge on any atom is 0.142 e.